The van der Waals surface area contributed by atoms with Gasteiger partial charge in [-0.25, -0.2) is 0 Å². The van der Waals surface area contributed by atoms with Gasteiger partial charge in [0.25, 0.3) is 0 Å². The summed E-state index contributed by atoms with van der Waals surface area (Å²) in [5, 5.41) is 9.12. The summed E-state index contributed by atoms with van der Waals surface area (Å²) in [6.45, 7) is 0.871. The van der Waals surface area contributed by atoms with E-state index in [1.807, 2.05) is 6.08 Å². The van der Waals surface area contributed by atoms with Crippen LogP contribution in [0.15, 0.2) is 12.2 Å². The van der Waals surface area contributed by atoms with Crippen LogP contribution in [-0.2, 0) is 9.47 Å². The number of ether oxygens (including phenoxy) is 2. The molecule has 0 aromatic carbocycles. The minimum Gasteiger partial charge on any atom is -0.396 e. The number of methoxy groups -OCH3 is 1. The molecule has 0 spiro atoms. The van der Waals surface area contributed by atoms with Gasteiger partial charge in [0, 0.05) is 25.6 Å². The van der Waals surface area contributed by atoms with Gasteiger partial charge in [-0.15, -0.1) is 0 Å². The van der Waals surface area contributed by atoms with E-state index >= 15 is 0 Å². The predicted octanol–water partition coefficient (Wildman–Crippen LogP) is 0.195. The number of hydrogen-bond donors (Lipinski definition) is 1. The highest BCUT2D eigenvalue weighted by atomic mass is 16.5. The first-order valence-corrected chi connectivity index (χ1v) is 4.30. The second-order valence-corrected chi connectivity index (χ2v) is 3.42. The number of rotatable bonds is 3. The van der Waals surface area contributed by atoms with Gasteiger partial charge in [-0.2, -0.15) is 0 Å². The lowest BCUT2D eigenvalue weighted by atomic mass is 9.84. The molecule has 1 fully saturated rings. The van der Waals surface area contributed by atoms with E-state index in [1.54, 1.807) is 7.11 Å². The summed E-state index contributed by atoms with van der Waals surface area (Å²) >= 11 is 0. The van der Waals surface area contributed by atoms with Crippen LogP contribution >= 0.6 is 0 Å². The van der Waals surface area contributed by atoms with Crippen molar-refractivity contribution in [1.82, 2.24) is 0 Å². The first-order chi connectivity index (χ1) is 5.86. The quantitative estimate of drug-likeness (QED) is 0.615. The van der Waals surface area contributed by atoms with Gasteiger partial charge in [-0.3, -0.25) is 0 Å². The Morgan fingerprint density at radius 3 is 2.58 bits per heavy atom. The standard InChI is InChI=1S/C9H14O3/c1-11-5-7-6(4-10)8-2-3-9(7)12-8/h2-3,6-10H,4-5H2,1H3. The number of hydrogen-bond acceptors (Lipinski definition) is 3. The monoisotopic (exact) mass is 170 g/mol. The van der Waals surface area contributed by atoms with Crippen molar-refractivity contribution in [2.24, 2.45) is 11.8 Å². The van der Waals surface area contributed by atoms with Gasteiger partial charge >= 0.3 is 0 Å². The molecule has 3 heteroatoms. The molecule has 2 aliphatic heterocycles. The maximum absolute atomic E-state index is 9.12. The third-order valence-electron chi connectivity index (χ3n) is 2.77. The van der Waals surface area contributed by atoms with Crippen LogP contribution in [0.4, 0.5) is 0 Å². The number of aliphatic hydroxyl groups is 1. The van der Waals surface area contributed by atoms with Gasteiger partial charge in [0.1, 0.15) is 0 Å². The molecule has 2 bridgehead atoms. The Hall–Kier alpha value is -0.380. The SMILES string of the molecule is COCC1C2C=CC(O2)C1CO. The third kappa shape index (κ3) is 1.09. The predicted molar refractivity (Wildman–Crippen MR) is 43.7 cm³/mol. The second-order valence-electron chi connectivity index (χ2n) is 3.42. The molecule has 0 radical (unpaired) electrons. The molecule has 2 aliphatic rings. The van der Waals surface area contributed by atoms with Crippen molar-refractivity contribution < 1.29 is 14.6 Å². The van der Waals surface area contributed by atoms with E-state index in [9.17, 15) is 0 Å². The highest BCUT2D eigenvalue weighted by Gasteiger charge is 2.45. The summed E-state index contributed by atoms with van der Waals surface area (Å²) < 4.78 is 10.7. The van der Waals surface area contributed by atoms with E-state index in [4.69, 9.17) is 14.6 Å². The lowest BCUT2D eigenvalue weighted by Crippen LogP contribution is -2.30. The zero-order valence-corrected chi connectivity index (χ0v) is 7.14. The van der Waals surface area contributed by atoms with Crippen LogP contribution < -0.4 is 0 Å². The molecular formula is C9H14O3. The van der Waals surface area contributed by atoms with Crippen LogP contribution in [0.3, 0.4) is 0 Å². The molecule has 1 N–H and O–H groups in total. The lowest BCUT2D eigenvalue weighted by molar-refractivity contribution is 0.0825. The molecule has 4 unspecified atom stereocenters. The van der Waals surface area contributed by atoms with E-state index in [0.29, 0.717) is 12.5 Å². The average Bonchev–Trinajstić information content (AvgIpc) is 2.64. The normalized spacial score (nSPS) is 44.2. The second kappa shape index (κ2) is 3.17. The first kappa shape index (κ1) is 8.23. The summed E-state index contributed by atoms with van der Waals surface area (Å²) in [7, 11) is 1.68. The van der Waals surface area contributed by atoms with Crippen molar-refractivity contribution in [3.63, 3.8) is 0 Å². The van der Waals surface area contributed by atoms with Crippen molar-refractivity contribution in [3.05, 3.63) is 12.2 Å². The molecule has 3 nitrogen and oxygen atoms in total. The van der Waals surface area contributed by atoms with Crippen molar-refractivity contribution in [3.8, 4) is 0 Å². The summed E-state index contributed by atoms with van der Waals surface area (Å²) in [5.41, 5.74) is 0. The average molecular weight is 170 g/mol. The lowest BCUT2D eigenvalue weighted by Gasteiger charge is -2.22. The molecule has 4 atom stereocenters. The molecule has 2 rings (SSSR count). The largest absolute Gasteiger partial charge is 0.396 e. The van der Waals surface area contributed by atoms with Crippen LogP contribution in [-0.4, -0.2) is 37.6 Å². The summed E-state index contributed by atoms with van der Waals surface area (Å²) in [6.07, 6.45) is 4.41. The van der Waals surface area contributed by atoms with Crippen LogP contribution in [0.5, 0.6) is 0 Å². The van der Waals surface area contributed by atoms with E-state index in [2.05, 4.69) is 6.08 Å². The first-order valence-electron chi connectivity index (χ1n) is 4.30. The Morgan fingerprint density at radius 2 is 2.00 bits per heavy atom. The van der Waals surface area contributed by atoms with Crippen LogP contribution in [0.2, 0.25) is 0 Å². The number of aliphatic hydroxyl groups excluding tert-OH is 1. The maximum atomic E-state index is 9.12. The summed E-state index contributed by atoms with van der Waals surface area (Å²) in [6, 6.07) is 0. The molecule has 0 saturated carbocycles. The minimum atomic E-state index is 0.125. The smallest absolute Gasteiger partial charge is 0.0819 e. The zero-order valence-electron chi connectivity index (χ0n) is 7.14. The van der Waals surface area contributed by atoms with Crippen LogP contribution in [0, 0.1) is 11.8 Å². The molecule has 0 aromatic rings. The van der Waals surface area contributed by atoms with Gasteiger partial charge in [-0.1, -0.05) is 12.2 Å². The third-order valence-corrected chi connectivity index (χ3v) is 2.77. The molecule has 12 heavy (non-hydrogen) atoms. The Kier molecular flexibility index (Phi) is 2.17. The fraction of sp³-hybridized carbons (Fsp3) is 0.778. The molecule has 0 aromatic heterocycles. The van der Waals surface area contributed by atoms with E-state index < -0.39 is 0 Å². The molecule has 2 heterocycles. The van der Waals surface area contributed by atoms with Crippen LogP contribution in [0.1, 0.15) is 0 Å². The van der Waals surface area contributed by atoms with Crippen LogP contribution in [0.25, 0.3) is 0 Å². The van der Waals surface area contributed by atoms with Crippen molar-refractivity contribution in [2.75, 3.05) is 20.3 Å². The minimum absolute atomic E-state index is 0.125. The molecule has 0 aliphatic carbocycles. The fourth-order valence-electron chi connectivity index (χ4n) is 2.12. The molecule has 68 valence electrons. The Labute approximate surface area is 72.0 Å². The molecular weight excluding hydrogens is 156 g/mol. The molecule has 0 amide bonds. The maximum Gasteiger partial charge on any atom is 0.0819 e. The Bertz CT molecular complexity index is 190. The van der Waals surface area contributed by atoms with Crippen molar-refractivity contribution in [1.29, 1.82) is 0 Å². The molecule has 1 saturated heterocycles. The van der Waals surface area contributed by atoms with Crippen molar-refractivity contribution >= 4 is 0 Å². The summed E-state index contributed by atoms with van der Waals surface area (Å²) in [4.78, 5) is 0. The van der Waals surface area contributed by atoms with Gasteiger partial charge < -0.3 is 14.6 Å². The van der Waals surface area contributed by atoms with Gasteiger partial charge in [0.15, 0.2) is 0 Å². The Morgan fingerprint density at radius 1 is 1.33 bits per heavy atom. The van der Waals surface area contributed by atoms with Gasteiger partial charge in [-0.05, 0) is 0 Å². The topological polar surface area (TPSA) is 38.7 Å². The van der Waals surface area contributed by atoms with Crippen molar-refractivity contribution in [2.45, 2.75) is 12.2 Å². The highest BCUT2D eigenvalue weighted by Crippen LogP contribution is 2.38. The van der Waals surface area contributed by atoms with Gasteiger partial charge in [0.05, 0.1) is 18.8 Å². The fourth-order valence-corrected chi connectivity index (χ4v) is 2.12. The van der Waals surface area contributed by atoms with E-state index in [0.717, 1.165) is 0 Å². The van der Waals surface area contributed by atoms with E-state index in [1.165, 1.54) is 0 Å². The van der Waals surface area contributed by atoms with E-state index in [-0.39, 0.29) is 24.7 Å². The Balaban J connectivity index is 2.07. The highest BCUT2D eigenvalue weighted by molar-refractivity contribution is 5.14. The number of fused-ring (bicyclic) bond motifs is 2. The zero-order chi connectivity index (χ0) is 8.55. The summed E-state index contributed by atoms with van der Waals surface area (Å²) in [5.74, 6) is 0.579. The van der Waals surface area contributed by atoms with Gasteiger partial charge in [0.2, 0.25) is 0 Å².